The normalized spacial score (nSPS) is 14.2. The van der Waals surface area contributed by atoms with E-state index in [0.29, 0.717) is 0 Å². The largest absolute Gasteiger partial charge is 0.508 e. The summed E-state index contributed by atoms with van der Waals surface area (Å²) in [5.41, 5.74) is 7.66. The van der Waals surface area contributed by atoms with Gasteiger partial charge in [0.2, 0.25) is 17.7 Å². The van der Waals surface area contributed by atoms with Gasteiger partial charge in [0.25, 0.3) is 0 Å². The monoisotopic (exact) mass is 540 g/mol. The lowest BCUT2D eigenvalue weighted by atomic mass is 9.99. The predicted octanol–water partition coefficient (Wildman–Crippen LogP) is 1.75. The highest BCUT2D eigenvalue weighted by atomic mass is 16.4. The Labute approximate surface area is 229 Å². The van der Waals surface area contributed by atoms with Crippen LogP contribution in [0.2, 0.25) is 0 Å². The maximum Gasteiger partial charge on any atom is 0.326 e. The van der Waals surface area contributed by atoms with Gasteiger partial charge in [-0.25, -0.2) is 4.79 Å². The zero-order valence-electron chi connectivity index (χ0n) is 22.9. The average Bonchev–Trinajstić information content (AvgIpc) is 2.87. The molecule has 0 heterocycles. The number of hydrogen-bond donors (Lipinski definition) is 6. The van der Waals surface area contributed by atoms with Crippen LogP contribution in [-0.2, 0) is 32.0 Å². The van der Waals surface area contributed by atoms with Crippen molar-refractivity contribution < 1.29 is 29.4 Å². The van der Waals surface area contributed by atoms with Gasteiger partial charge in [0.1, 0.15) is 23.9 Å². The Kier molecular flexibility index (Phi) is 11.9. The molecule has 4 unspecified atom stereocenters. The second kappa shape index (κ2) is 14.9. The fourth-order valence-electron chi connectivity index (χ4n) is 4.06. The van der Waals surface area contributed by atoms with Crippen LogP contribution in [0.25, 0.3) is 0 Å². The number of nitrogens with two attached hydrogens (primary N) is 1. The zero-order valence-corrected chi connectivity index (χ0v) is 22.9. The van der Waals surface area contributed by atoms with Gasteiger partial charge in [-0.1, -0.05) is 70.2 Å². The summed E-state index contributed by atoms with van der Waals surface area (Å²) in [5, 5.41) is 26.9. The van der Waals surface area contributed by atoms with Gasteiger partial charge in [-0.15, -0.1) is 0 Å². The number of carboxylic acid groups (broad SMARTS) is 1. The van der Waals surface area contributed by atoms with E-state index in [0.717, 1.165) is 11.1 Å². The molecular formula is C29H40N4O6. The Morgan fingerprint density at radius 1 is 0.744 bits per heavy atom. The summed E-state index contributed by atoms with van der Waals surface area (Å²) in [6.07, 6.45) is 0.586. The van der Waals surface area contributed by atoms with Crippen LogP contribution >= 0.6 is 0 Å². The van der Waals surface area contributed by atoms with Crippen molar-refractivity contribution in [2.75, 3.05) is 0 Å². The highest BCUT2D eigenvalue weighted by Crippen LogP contribution is 2.12. The third kappa shape index (κ3) is 10.4. The third-order valence-electron chi connectivity index (χ3n) is 6.21. The van der Waals surface area contributed by atoms with Gasteiger partial charge in [-0.3, -0.25) is 14.4 Å². The summed E-state index contributed by atoms with van der Waals surface area (Å²) in [4.78, 5) is 51.1. The number of hydrogen-bond acceptors (Lipinski definition) is 6. The lowest BCUT2D eigenvalue weighted by molar-refractivity contribution is -0.143. The highest BCUT2D eigenvalue weighted by Gasteiger charge is 2.32. The maximum atomic E-state index is 13.4. The van der Waals surface area contributed by atoms with E-state index in [1.165, 1.54) is 12.1 Å². The number of benzene rings is 2. The molecule has 10 nitrogen and oxygen atoms in total. The lowest BCUT2D eigenvalue weighted by Gasteiger charge is -2.27. The molecule has 2 aromatic rings. The van der Waals surface area contributed by atoms with E-state index in [-0.39, 0.29) is 36.8 Å². The van der Waals surface area contributed by atoms with Gasteiger partial charge in [0.05, 0.1) is 6.04 Å². The van der Waals surface area contributed by atoms with Crippen molar-refractivity contribution in [1.29, 1.82) is 0 Å². The number of carbonyl (C=O) groups excluding carboxylic acids is 3. The molecule has 2 rings (SSSR count). The summed E-state index contributed by atoms with van der Waals surface area (Å²) in [6, 6.07) is 11.3. The summed E-state index contributed by atoms with van der Waals surface area (Å²) in [6.45, 7) is 7.18. The Morgan fingerprint density at radius 3 is 1.85 bits per heavy atom. The number of carbonyl (C=O) groups is 4. The van der Waals surface area contributed by atoms with Crippen LogP contribution in [0, 0.1) is 11.8 Å². The van der Waals surface area contributed by atoms with Crippen LogP contribution in [0.4, 0.5) is 0 Å². The fourth-order valence-corrected chi connectivity index (χ4v) is 4.06. The van der Waals surface area contributed by atoms with E-state index >= 15 is 0 Å². The molecule has 7 N–H and O–H groups in total. The quantitative estimate of drug-likeness (QED) is 0.212. The molecule has 0 radical (unpaired) electrons. The zero-order chi connectivity index (χ0) is 29.1. The number of carboxylic acids is 1. The van der Waals surface area contributed by atoms with Crippen molar-refractivity contribution in [2.24, 2.45) is 17.6 Å². The van der Waals surface area contributed by atoms with Gasteiger partial charge in [-0.2, -0.15) is 0 Å². The van der Waals surface area contributed by atoms with E-state index in [9.17, 15) is 29.4 Å². The first-order chi connectivity index (χ1) is 18.4. The van der Waals surface area contributed by atoms with Crippen LogP contribution in [0.3, 0.4) is 0 Å². The van der Waals surface area contributed by atoms with Crippen molar-refractivity contribution >= 4 is 23.7 Å². The molecule has 0 aliphatic rings. The highest BCUT2D eigenvalue weighted by molar-refractivity contribution is 5.94. The molecule has 0 fully saturated rings. The second-order valence-corrected chi connectivity index (χ2v) is 10.5. The van der Waals surface area contributed by atoms with Crippen molar-refractivity contribution in [2.45, 2.75) is 71.1 Å². The van der Waals surface area contributed by atoms with Gasteiger partial charge < -0.3 is 31.9 Å². The van der Waals surface area contributed by atoms with Gasteiger partial charge in [0.15, 0.2) is 0 Å². The van der Waals surface area contributed by atoms with Crippen molar-refractivity contribution in [3.05, 3.63) is 65.7 Å². The topological polar surface area (TPSA) is 171 Å². The van der Waals surface area contributed by atoms with Crippen molar-refractivity contribution in [1.82, 2.24) is 16.0 Å². The standard InChI is InChI=1S/C29H40N4O6/c1-17(2)14-24(29(38)39)32-28(37)25(18(3)4)33-27(36)23(16-19-8-6-5-7-9-19)31-26(35)22(30)15-20-10-12-21(34)13-11-20/h5-13,17-18,22-25,34H,14-16,30H2,1-4H3,(H,31,35)(H,32,37)(H,33,36)(H,38,39). The summed E-state index contributed by atoms with van der Waals surface area (Å²) < 4.78 is 0. The minimum absolute atomic E-state index is 0.0368. The molecule has 2 aromatic carbocycles. The fraction of sp³-hybridized carbons (Fsp3) is 0.448. The van der Waals surface area contributed by atoms with E-state index in [1.54, 1.807) is 26.0 Å². The molecule has 0 aromatic heterocycles. The van der Waals surface area contributed by atoms with Crippen molar-refractivity contribution in [3.8, 4) is 5.75 Å². The van der Waals surface area contributed by atoms with Crippen LogP contribution in [-0.4, -0.2) is 58.1 Å². The molecule has 0 saturated heterocycles. The van der Waals surface area contributed by atoms with E-state index < -0.39 is 47.9 Å². The Bertz CT molecular complexity index is 1100. The number of nitrogens with one attached hydrogen (secondary N) is 3. The molecule has 0 bridgehead atoms. The first-order valence-corrected chi connectivity index (χ1v) is 13.1. The lowest BCUT2D eigenvalue weighted by Crippen LogP contribution is -2.59. The minimum Gasteiger partial charge on any atom is -0.508 e. The Morgan fingerprint density at radius 2 is 1.31 bits per heavy atom. The van der Waals surface area contributed by atoms with Gasteiger partial charge in [-0.05, 0) is 47.9 Å². The summed E-state index contributed by atoms with van der Waals surface area (Å²) in [7, 11) is 0. The van der Waals surface area contributed by atoms with Crippen LogP contribution in [0.5, 0.6) is 5.75 Å². The smallest absolute Gasteiger partial charge is 0.326 e. The first-order valence-electron chi connectivity index (χ1n) is 13.1. The molecule has 39 heavy (non-hydrogen) atoms. The number of aromatic hydroxyl groups is 1. The number of phenolic OH excluding ortho intramolecular Hbond substituents is 1. The van der Waals surface area contributed by atoms with E-state index in [4.69, 9.17) is 5.73 Å². The van der Waals surface area contributed by atoms with Crippen LogP contribution in [0.1, 0.15) is 45.2 Å². The minimum atomic E-state index is -1.15. The number of phenols is 1. The molecule has 4 atom stereocenters. The van der Waals surface area contributed by atoms with Gasteiger partial charge in [0, 0.05) is 6.42 Å². The molecule has 0 aliphatic heterocycles. The number of aliphatic carboxylic acids is 1. The predicted molar refractivity (Wildman–Crippen MR) is 148 cm³/mol. The second-order valence-electron chi connectivity index (χ2n) is 10.5. The molecule has 0 saturated carbocycles. The Hall–Kier alpha value is -3.92. The summed E-state index contributed by atoms with van der Waals surface area (Å²) in [5.74, 6) is -3.12. The molecule has 0 spiro atoms. The number of amides is 3. The molecular weight excluding hydrogens is 500 g/mol. The third-order valence-corrected chi connectivity index (χ3v) is 6.21. The maximum absolute atomic E-state index is 13.4. The van der Waals surface area contributed by atoms with Crippen molar-refractivity contribution in [3.63, 3.8) is 0 Å². The summed E-state index contributed by atoms with van der Waals surface area (Å²) >= 11 is 0. The SMILES string of the molecule is CC(C)CC(NC(=O)C(NC(=O)C(Cc1ccccc1)NC(=O)C(N)Cc1ccc(O)cc1)C(C)C)C(=O)O. The first kappa shape index (κ1) is 31.3. The molecule has 3 amide bonds. The van der Waals surface area contributed by atoms with E-state index in [1.807, 2.05) is 44.2 Å². The Balaban J connectivity index is 2.19. The van der Waals surface area contributed by atoms with Crippen LogP contribution < -0.4 is 21.7 Å². The van der Waals surface area contributed by atoms with Gasteiger partial charge >= 0.3 is 5.97 Å². The average molecular weight is 541 g/mol. The molecule has 212 valence electrons. The van der Waals surface area contributed by atoms with Crippen LogP contribution in [0.15, 0.2) is 54.6 Å². The number of rotatable bonds is 14. The molecule has 0 aliphatic carbocycles. The van der Waals surface area contributed by atoms with E-state index in [2.05, 4.69) is 16.0 Å². The molecule has 10 heteroatoms.